The molecule has 8 heteroatoms. The summed E-state index contributed by atoms with van der Waals surface area (Å²) in [7, 11) is 1.59. The number of thiophene rings is 1. The summed E-state index contributed by atoms with van der Waals surface area (Å²) in [5.74, 6) is 0.356. The van der Waals surface area contributed by atoms with E-state index in [1.165, 1.54) is 11.3 Å². The number of anilines is 2. The van der Waals surface area contributed by atoms with E-state index in [1.807, 2.05) is 0 Å². The van der Waals surface area contributed by atoms with Crippen LogP contribution in [0.25, 0.3) is 0 Å². The fourth-order valence-electron chi connectivity index (χ4n) is 2.24. The van der Waals surface area contributed by atoms with Crippen LogP contribution in [0.2, 0.25) is 5.02 Å². The second-order valence-corrected chi connectivity index (χ2v) is 7.38. The van der Waals surface area contributed by atoms with Crippen LogP contribution in [-0.2, 0) is 9.53 Å². The van der Waals surface area contributed by atoms with Crippen LogP contribution in [0.4, 0.5) is 10.7 Å². The van der Waals surface area contributed by atoms with Crippen molar-refractivity contribution in [2.45, 2.75) is 12.8 Å². The van der Waals surface area contributed by atoms with Gasteiger partial charge in [-0.1, -0.05) is 11.6 Å². The summed E-state index contributed by atoms with van der Waals surface area (Å²) in [6.07, 6.45) is 1.87. The molecule has 1 fully saturated rings. The lowest BCUT2D eigenvalue weighted by molar-refractivity contribution is -0.117. The number of hydrogen-bond acceptors (Lipinski definition) is 5. The Morgan fingerprint density at radius 3 is 2.73 bits per heavy atom. The van der Waals surface area contributed by atoms with E-state index in [9.17, 15) is 9.59 Å². The molecular weight excluding hydrogens is 376 g/mol. The lowest BCUT2D eigenvalue weighted by atomic mass is 10.3. The summed E-state index contributed by atoms with van der Waals surface area (Å²) < 4.78 is 10.6. The number of rotatable bonds is 8. The first kappa shape index (κ1) is 18.7. The van der Waals surface area contributed by atoms with E-state index in [0.29, 0.717) is 39.6 Å². The molecule has 3 rings (SSSR count). The molecule has 0 radical (unpaired) electrons. The maximum absolute atomic E-state index is 12.5. The highest BCUT2D eigenvalue weighted by atomic mass is 35.5. The van der Waals surface area contributed by atoms with Gasteiger partial charge in [-0.3, -0.25) is 9.59 Å². The van der Waals surface area contributed by atoms with E-state index in [0.717, 1.165) is 12.8 Å². The van der Waals surface area contributed by atoms with Crippen LogP contribution in [0.3, 0.4) is 0 Å². The van der Waals surface area contributed by atoms with Crippen molar-refractivity contribution < 1.29 is 19.1 Å². The molecule has 1 aromatic heterocycles. The second kappa shape index (κ2) is 8.53. The van der Waals surface area contributed by atoms with Gasteiger partial charge in [-0.2, -0.15) is 0 Å². The van der Waals surface area contributed by atoms with E-state index in [2.05, 4.69) is 10.6 Å². The summed E-state index contributed by atoms with van der Waals surface area (Å²) in [6, 6.07) is 8.43. The van der Waals surface area contributed by atoms with Gasteiger partial charge in [0.2, 0.25) is 5.91 Å². The Kier molecular flexibility index (Phi) is 6.13. The Hall–Kier alpha value is -2.09. The minimum absolute atomic E-state index is 0.0162. The van der Waals surface area contributed by atoms with E-state index in [-0.39, 0.29) is 17.7 Å². The van der Waals surface area contributed by atoms with E-state index < -0.39 is 0 Å². The Morgan fingerprint density at radius 1 is 1.19 bits per heavy atom. The molecule has 1 saturated carbocycles. The molecule has 1 aliphatic rings. The number of hydrogen-bond donors (Lipinski definition) is 2. The number of benzene rings is 1. The summed E-state index contributed by atoms with van der Waals surface area (Å²) in [5.41, 5.74) is 0.482. The molecule has 0 bridgehead atoms. The fraction of sp³-hybridized carbons (Fsp3) is 0.333. The molecule has 26 heavy (non-hydrogen) atoms. The van der Waals surface area contributed by atoms with Crippen LogP contribution >= 0.6 is 22.9 Å². The van der Waals surface area contributed by atoms with Gasteiger partial charge >= 0.3 is 0 Å². The predicted octanol–water partition coefficient (Wildman–Crippen LogP) is 4.03. The van der Waals surface area contributed by atoms with Crippen molar-refractivity contribution in [3.63, 3.8) is 0 Å². The highest BCUT2D eigenvalue weighted by Gasteiger charge is 2.29. The molecule has 0 unspecified atom stereocenters. The standard InChI is InChI=1S/C18H19ClN2O4S/c1-24-8-9-25-14-5-4-12(19)10-13(14)20-18(23)15-6-7-16(26-15)21-17(22)11-2-3-11/h4-7,10-11H,2-3,8-9H2,1H3,(H,20,23)(H,21,22). The van der Waals surface area contributed by atoms with Crippen molar-refractivity contribution >= 4 is 45.4 Å². The maximum atomic E-state index is 12.5. The quantitative estimate of drug-likeness (QED) is 0.663. The highest BCUT2D eigenvalue weighted by Crippen LogP contribution is 2.32. The van der Waals surface area contributed by atoms with Gasteiger partial charge in [0, 0.05) is 18.1 Å². The van der Waals surface area contributed by atoms with Crippen molar-refractivity contribution in [1.82, 2.24) is 0 Å². The Morgan fingerprint density at radius 2 is 2.00 bits per heavy atom. The minimum atomic E-state index is -0.291. The number of amides is 2. The van der Waals surface area contributed by atoms with Crippen LogP contribution in [0.5, 0.6) is 5.75 Å². The lowest BCUT2D eigenvalue weighted by Gasteiger charge is -2.12. The van der Waals surface area contributed by atoms with Crippen LogP contribution in [-0.4, -0.2) is 32.1 Å². The van der Waals surface area contributed by atoms with Gasteiger partial charge in [0.05, 0.1) is 22.2 Å². The zero-order valence-corrected chi connectivity index (χ0v) is 15.8. The summed E-state index contributed by atoms with van der Waals surface area (Å²) in [5, 5.41) is 6.79. The third-order valence-electron chi connectivity index (χ3n) is 3.76. The predicted molar refractivity (Wildman–Crippen MR) is 102 cm³/mol. The Balaban J connectivity index is 1.66. The number of nitrogens with one attached hydrogen (secondary N) is 2. The molecule has 138 valence electrons. The first-order chi connectivity index (χ1) is 12.6. The lowest BCUT2D eigenvalue weighted by Crippen LogP contribution is -2.13. The van der Waals surface area contributed by atoms with Gasteiger partial charge in [-0.15, -0.1) is 11.3 Å². The van der Waals surface area contributed by atoms with Gasteiger partial charge in [-0.25, -0.2) is 0 Å². The van der Waals surface area contributed by atoms with Gasteiger partial charge in [0.1, 0.15) is 12.4 Å². The van der Waals surface area contributed by atoms with Crippen molar-refractivity contribution in [2.24, 2.45) is 5.92 Å². The van der Waals surface area contributed by atoms with Crippen LogP contribution in [0, 0.1) is 5.92 Å². The Labute approximate surface area is 160 Å². The molecule has 0 atom stereocenters. The van der Waals surface area contributed by atoms with Crippen LogP contribution < -0.4 is 15.4 Å². The normalized spacial score (nSPS) is 13.3. The molecule has 2 N–H and O–H groups in total. The monoisotopic (exact) mass is 394 g/mol. The smallest absolute Gasteiger partial charge is 0.265 e. The molecule has 2 amide bonds. The van der Waals surface area contributed by atoms with Gasteiger partial charge < -0.3 is 20.1 Å². The average molecular weight is 395 g/mol. The van der Waals surface area contributed by atoms with E-state index >= 15 is 0 Å². The molecule has 1 heterocycles. The molecule has 2 aromatic rings. The number of ether oxygens (including phenoxy) is 2. The van der Waals surface area contributed by atoms with Crippen LogP contribution in [0.15, 0.2) is 30.3 Å². The van der Waals surface area contributed by atoms with Crippen molar-refractivity contribution in [2.75, 3.05) is 31.0 Å². The van der Waals surface area contributed by atoms with Gasteiger partial charge in [-0.05, 0) is 43.2 Å². The van der Waals surface area contributed by atoms with Gasteiger partial charge in [0.25, 0.3) is 5.91 Å². The average Bonchev–Trinajstić information content (AvgIpc) is 3.37. The topological polar surface area (TPSA) is 76.7 Å². The largest absolute Gasteiger partial charge is 0.489 e. The SMILES string of the molecule is COCCOc1ccc(Cl)cc1NC(=O)c1ccc(NC(=O)C2CC2)s1. The molecule has 1 aliphatic carbocycles. The first-order valence-corrected chi connectivity index (χ1v) is 9.39. The molecule has 0 aliphatic heterocycles. The zero-order chi connectivity index (χ0) is 18.5. The minimum Gasteiger partial charge on any atom is -0.489 e. The second-order valence-electron chi connectivity index (χ2n) is 5.86. The molecule has 0 saturated heterocycles. The molecule has 6 nitrogen and oxygen atoms in total. The van der Waals surface area contributed by atoms with Crippen LogP contribution in [0.1, 0.15) is 22.5 Å². The van der Waals surface area contributed by atoms with E-state index in [4.69, 9.17) is 21.1 Å². The molecular formula is C18H19ClN2O4S. The zero-order valence-electron chi connectivity index (χ0n) is 14.2. The third-order valence-corrected chi connectivity index (χ3v) is 4.99. The first-order valence-electron chi connectivity index (χ1n) is 8.20. The Bertz CT molecular complexity index is 804. The maximum Gasteiger partial charge on any atom is 0.265 e. The number of carbonyl (C=O) groups excluding carboxylic acids is 2. The fourth-order valence-corrected chi connectivity index (χ4v) is 3.22. The summed E-state index contributed by atoms with van der Waals surface area (Å²) in [6.45, 7) is 0.794. The summed E-state index contributed by atoms with van der Waals surface area (Å²) in [4.78, 5) is 24.8. The number of methoxy groups -OCH3 is 1. The third kappa shape index (κ3) is 4.97. The number of carbonyl (C=O) groups is 2. The van der Waals surface area contributed by atoms with Crippen molar-refractivity contribution in [1.29, 1.82) is 0 Å². The van der Waals surface area contributed by atoms with Crippen molar-refractivity contribution in [3.05, 3.63) is 40.2 Å². The highest BCUT2D eigenvalue weighted by molar-refractivity contribution is 7.18. The van der Waals surface area contributed by atoms with Gasteiger partial charge in [0.15, 0.2) is 0 Å². The van der Waals surface area contributed by atoms with Crippen molar-refractivity contribution in [3.8, 4) is 5.75 Å². The molecule has 1 aromatic carbocycles. The number of halogens is 1. The van der Waals surface area contributed by atoms with E-state index in [1.54, 1.807) is 37.4 Å². The summed E-state index contributed by atoms with van der Waals surface area (Å²) >= 11 is 7.26. The molecule has 0 spiro atoms.